The van der Waals surface area contributed by atoms with Gasteiger partial charge in [-0.1, -0.05) is 57.9 Å². The predicted molar refractivity (Wildman–Crippen MR) is 133 cm³/mol. The predicted octanol–water partition coefficient (Wildman–Crippen LogP) is 8.34. The first-order valence-electron chi connectivity index (χ1n) is 13.7. The van der Waals surface area contributed by atoms with Gasteiger partial charge in [0.15, 0.2) is 0 Å². The van der Waals surface area contributed by atoms with Crippen LogP contribution in [0.5, 0.6) is 0 Å². The van der Waals surface area contributed by atoms with Crippen LogP contribution in [0, 0.1) is 46.3 Å². The van der Waals surface area contributed by atoms with Crippen molar-refractivity contribution >= 4 is 0 Å². The second-order valence-corrected chi connectivity index (χ2v) is 12.8. The van der Waals surface area contributed by atoms with Gasteiger partial charge in [0.25, 0.3) is 0 Å². The van der Waals surface area contributed by atoms with Crippen molar-refractivity contribution in [1.82, 2.24) is 0 Å². The second-order valence-electron chi connectivity index (χ2n) is 12.8. The number of allylic oxidation sites excluding steroid dienone is 3. The highest BCUT2D eigenvalue weighted by Gasteiger charge is 2.56. The zero-order valence-corrected chi connectivity index (χ0v) is 21.5. The van der Waals surface area contributed by atoms with Crippen LogP contribution in [0.3, 0.4) is 0 Å². The third kappa shape index (κ3) is 3.79. The van der Waals surface area contributed by atoms with Crippen LogP contribution in [0.15, 0.2) is 23.3 Å². The molecule has 176 valence electrons. The van der Waals surface area contributed by atoms with Crippen LogP contribution in [0.25, 0.3) is 0 Å². The van der Waals surface area contributed by atoms with E-state index < -0.39 is 0 Å². The Morgan fingerprint density at radius 2 is 1.84 bits per heavy atom. The van der Waals surface area contributed by atoms with Crippen molar-refractivity contribution in [2.75, 3.05) is 0 Å². The molecule has 2 saturated carbocycles. The summed E-state index contributed by atoms with van der Waals surface area (Å²) in [7, 11) is 0. The minimum absolute atomic E-state index is 0.0723. The fourth-order valence-electron chi connectivity index (χ4n) is 9.35. The molecular weight excluding hydrogens is 376 g/mol. The summed E-state index contributed by atoms with van der Waals surface area (Å²) in [5.41, 5.74) is 6.04. The molecule has 9 atom stereocenters. The van der Waals surface area contributed by atoms with Gasteiger partial charge in [-0.2, -0.15) is 0 Å². The van der Waals surface area contributed by atoms with Gasteiger partial charge in [-0.3, -0.25) is 0 Å². The van der Waals surface area contributed by atoms with Gasteiger partial charge in [0.05, 0.1) is 6.10 Å². The van der Waals surface area contributed by atoms with E-state index in [1.54, 1.807) is 0 Å². The first kappa shape index (κ1) is 23.6. The zero-order valence-electron chi connectivity index (χ0n) is 21.5. The Morgan fingerprint density at radius 3 is 2.52 bits per heavy atom. The molecule has 0 aromatic heterocycles. The average molecular weight is 427 g/mol. The molecule has 0 radical (unpaired) electrons. The van der Waals surface area contributed by atoms with E-state index in [0.29, 0.717) is 28.6 Å². The highest BCUT2D eigenvalue weighted by atomic mass is 16.3. The molecule has 0 aromatic rings. The van der Waals surface area contributed by atoms with Crippen molar-refractivity contribution in [2.24, 2.45) is 46.3 Å². The molecule has 0 aliphatic heterocycles. The summed E-state index contributed by atoms with van der Waals surface area (Å²) in [6.45, 7) is 19.0. The molecule has 0 saturated heterocycles. The lowest BCUT2D eigenvalue weighted by molar-refractivity contribution is -0.0336. The van der Waals surface area contributed by atoms with Crippen molar-refractivity contribution in [3.63, 3.8) is 0 Å². The SMILES string of the molecule is C=C(C)C(CC)CC[C@@H](C)[C@H]1CC[C@H]2C3=C(CC[C@]12C)[C@@]1(C)CC[C@H](O)[C@@H](C)[C@@H]1CC3. The monoisotopic (exact) mass is 426 g/mol. The van der Waals surface area contributed by atoms with E-state index >= 15 is 0 Å². The Bertz CT molecular complexity index is 718. The van der Waals surface area contributed by atoms with E-state index in [9.17, 15) is 5.11 Å². The molecule has 0 aromatic carbocycles. The summed E-state index contributed by atoms with van der Waals surface area (Å²) in [5, 5.41) is 10.5. The zero-order chi connectivity index (χ0) is 22.6. The fraction of sp³-hybridized carbons (Fsp3) is 0.867. The minimum atomic E-state index is -0.0723. The van der Waals surface area contributed by atoms with Crippen LogP contribution in [0.4, 0.5) is 0 Å². The third-order valence-corrected chi connectivity index (χ3v) is 11.4. The van der Waals surface area contributed by atoms with Crippen LogP contribution < -0.4 is 0 Å². The van der Waals surface area contributed by atoms with Gasteiger partial charge in [0.1, 0.15) is 0 Å². The maximum absolute atomic E-state index is 10.5. The summed E-state index contributed by atoms with van der Waals surface area (Å²) in [4.78, 5) is 0. The number of fused-ring (bicyclic) bond motifs is 4. The lowest BCUT2D eigenvalue weighted by atomic mass is 9.49. The smallest absolute Gasteiger partial charge is 0.0569 e. The molecule has 1 N–H and O–H groups in total. The molecule has 1 nitrogen and oxygen atoms in total. The lowest BCUT2D eigenvalue weighted by Crippen LogP contribution is -2.49. The Morgan fingerprint density at radius 1 is 1.10 bits per heavy atom. The van der Waals surface area contributed by atoms with Gasteiger partial charge >= 0.3 is 0 Å². The largest absolute Gasteiger partial charge is 0.393 e. The lowest BCUT2D eigenvalue weighted by Gasteiger charge is -2.56. The summed E-state index contributed by atoms with van der Waals surface area (Å²) in [6.07, 6.45) is 14.4. The van der Waals surface area contributed by atoms with E-state index in [1.807, 2.05) is 11.1 Å². The van der Waals surface area contributed by atoms with Gasteiger partial charge in [-0.15, -0.1) is 0 Å². The maximum atomic E-state index is 10.5. The topological polar surface area (TPSA) is 20.2 Å². The number of aliphatic hydroxyl groups is 1. The van der Waals surface area contributed by atoms with E-state index in [2.05, 4.69) is 48.1 Å². The number of hydrogen-bond donors (Lipinski definition) is 1. The summed E-state index contributed by atoms with van der Waals surface area (Å²) >= 11 is 0. The Balaban J connectivity index is 1.53. The molecule has 0 amide bonds. The first-order chi connectivity index (χ1) is 14.6. The molecule has 1 unspecified atom stereocenters. The van der Waals surface area contributed by atoms with Crippen molar-refractivity contribution < 1.29 is 5.11 Å². The van der Waals surface area contributed by atoms with Crippen LogP contribution in [0.2, 0.25) is 0 Å². The Hall–Kier alpha value is -0.560. The third-order valence-electron chi connectivity index (χ3n) is 11.4. The van der Waals surface area contributed by atoms with Gasteiger partial charge in [-0.05, 0) is 124 Å². The molecule has 2 fully saturated rings. The van der Waals surface area contributed by atoms with Crippen molar-refractivity contribution in [1.29, 1.82) is 0 Å². The highest BCUT2D eigenvalue weighted by molar-refractivity contribution is 5.34. The van der Waals surface area contributed by atoms with Crippen molar-refractivity contribution in [3.8, 4) is 0 Å². The molecule has 4 aliphatic rings. The van der Waals surface area contributed by atoms with E-state index in [-0.39, 0.29) is 6.10 Å². The van der Waals surface area contributed by atoms with Gasteiger partial charge in [0, 0.05) is 0 Å². The highest BCUT2D eigenvalue weighted by Crippen LogP contribution is 2.66. The van der Waals surface area contributed by atoms with Crippen LogP contribution in [-0.4, -0.2) is 11.2 Å². The molecule has 0 heterocycles. The van der Waals surface area contributed by atoms with Crippen LogP contribution in [-0.2, 0) is 0 Å². The Labute approximate surface area is 193 Å². The molecule has 1 heteroatoms. The molecule has 4 rings (SSSR count). The van der Waals surface area contributed by atoms with Crippen LogP contribution in [0.1, 0.15) is 112 Å². The van der Waals surface area contributed by atoms with E-state index in [4.69, 9.17) is 0 Å². The number of hydrogen-bond acceptors (Lipinski definition) is 1. The summed E-state index contributed by atoms with van der Waals surface area (Å²) in [6, 6.07) is 0. The first-order valence-corrected chi connectivity index (χ1v) is 13.7. The fourth-order valence-corrected chi connectivity index (χ4v) is 9.35. The number of aliphatic hydroxyl groups excluding tert-OH is 1. The van der Waals surface area contributed by atoms with Gasteiger partial charge in [0.2, 0.25) is 0 Å². The molecule has 0 bridgehead atoms. The molecular formula is C30H50O. The molecule has 0 spiro atoms. The van der Waals surface area contributed by atoms with Crippen LogP contribution >= 0.6 is 0 Å². The van der Waals surface area contributed by atoms with Gasteiger partial charge < -0.3 is 5.11 Å². The van der Waals surface area contributed by atoms with E-state index in [1.165, 1.54) is 69.8 Å². The summed E-state index contributed by atoms with van der Waals surface area (Å²) < 4.78 is 0. The average Bonchev–Trinajstić information content (AvgIpc) is 3.08. The standard InChI is InChI=1S/C30H50O/c1-8-22(19(2)3)10-9-20(4)24-13-14-26-23-11-12-25-21(5)28(31)16-18-30(25,7)27(23)15-17-29(24,26)6/h20-22,24-26,28,31H,2,8-18H2,1,3-7H3/t20-,21+,22?,24-,25+,26+,28+,29-,30+/m1/s1. The quantitative estimate of drug-likeness (QED) is 0.423. The number of rotatable bonds is 6. The molecule has 31 heavy (non-hydrogen) atoms. The van der Waals surface area contributed by atoms with Crippen molar-refractivity contribution in [3.05, 3.63) is 23.3 Å². The van der Waals surface area contributed by atoms with E-state index in [0.717, 1.165) is 24.2 Å². The molecule has 4 aliphatic carbocycles. The second kappa shape index (κ2) is 8.66. The maximum Gasteiger partial charge on any atom is 0.0569 e. The minimum Gasteiger partial charge on any atom is -0.393 e. The Kier molecular flexibility index (Phi) is 6.59. The van der Waals surface area contributed by atoms with Crippen molar-refractivity contribution in [2.45, 2.75) is 118 Å². The normalized spacial score (nSPS) is 44.3. The van der Waals surface area contributed by atoms with Gasteiger partial charge in [-0.25, -0.2) is 0 Å². The summed E-state index contributed by atoms with van der Waals surface area (Å²) in [5.74, 6) is 4.45.